The molecule has 0 bridgehead atoms. The number of amides is 3. The second-order valence-corrected chi connectivity index (χ2v) is 9.18. The van der Waals surface area contributed by atoms with Gasteiger partial charge in [-0.1, -0.05) is 60.5 Å². The third-order valence-electron chi connectivity index (χ3n) is 5.93. The molecule has 0 aromatic heterocycles. The summed E-state index contributed by atoms with van der Waals surface area (Å²) in [5.74, 6) is -0.556. The minimum Gasteiger partial charge on any atom is -0.438 e. The third-order valence-corrected chi connectivity index (χ3v) is 6.17. The van der Waals surface area contributed by atoms with Gasteiger partial charge in [0.2, 0.25) is 5.91 Å². The molecule has 4 rings (SSSR count). The van der Waals surface area contributed by atoms with Gasteiger partial charge in [0.15, 0.2) is 12.1 Å². The topological polar surface area (TPSA) is 87.7 Å². The van der Waals surface area contributed by atoms with Crippen LogP contribution in [0.1, 0.15) is 46.5 Å². The van der Waals surface area contributed by atoms with Crippen LogP contribution in [0.15, 0.2) is 72.8 Å². The number of ether oxygens (including phenoxy) is 1. The van der Waals surface area contributed by atoms with Crippen molar-refractivity contribution in [1.82, 2.24) is 10.2 Å². The van der Waals surface area contributed by atoms with Gasteiger partial charge in [0.25, 0.3) is 5.91 Å². The van der Waals surface area contributed by atoms with E-state index in [4.69, 9.17) is 16.3 Å². The highest BCUT2D eigenvalue weighted by Gasteiger charge is 2.47. The Morgan fingerprint density at radius 2 is 1.78 bits per heavy atom. The summed E-state index contributed by atoms with van der Waals surface area (Å²) in [4.78, 5) is 40.2. The van der Waals surface area contributed by atoms with Crippen LogP contribution < -0.4 is 10.6 Å². The first-order valence-electron chi connectivity index (χ1n) is 11.8. The molecule has 2 N–H and O–H groups in total. The van der Waals surface area contributed by atoms with Gasteiger partial charge in [0.1, 0.15) is 0 Å². The number of carbonyl (C=O) groups is 3. The average Bonchev–Trinajstić information content (AvgIpc) is 3.19. The number of rotatable bonds is 8. The maximum Gasteiger partial charge on any atom is 0.411 e. The fourth-order valence-corrected chi connectivity index (χ4v) is 4.31. The molecule has 3 aromatic rings. The van der Waals surface area contributed by atoms with E-state index in [0.717, 1.165) is 17.5 Å². The van der Waals surface area contributed by atoms with Crippen molar-refractivity contribution in [2.45, 2.75) is 39.0 Å². The van der Waals surface area contributed by atoms with Gasteiger partial charge in [0, 0.05) is 22.8 Å². The van der Waals surface area contributed by atoms with E-state index in [0.29, 0.717) is 28.4 Å². The summed E-state index contributed by atoms with van der Waals surface area (Å²) in [5.41, 5.74) is 3.52. The highest BCUT2D eigenvalue weighted by molar-refractivity contribution is 6.30. The largest absolute Gasteiger partial charge is 0.438 e. The van der Waals surface area contributed by atoms with E-state index in [1.807, 2.05) is 32.0 Å². The maximum atomic E-state index is 13.2. The van der Waals surface area contributed by atoms with Crippen molar-refractivity contribution < 1.29 is 19.1 Å². The van der Waals surface area contributed by atoms with E-state index >= 15 is 0 Å². The molecular weight excluding hydrogens is 478 g/mol. The number of aryl methyl sites for hydroxylation is 1. The normalized spacial score (nSPS) is 17.0. The van der Waals surface area contributed by atoms with Gasteiger partial charge >= 0.3 is 6.09 Å². The van der Waals surface area contributed by atoms with Gasteiger partial charge in [-0.05, 0) is 60.9 Å². The molecule has 3 amide bonds. The highest BCUT2D eigenvalue weighted by atomic mass is 35.5. The Labute approximate surface area is 215 Å². The number of hydrogen-bond donors (Lipinski definition) is 2. The lowest BCUT2D eigenvalue weighted by molar-refractivity contribution is -0.126. The molecule has 36 heavy (non-hydrogen) atoms. The summed E-state index contributed by atoms with van der Waals surface area (Å²) >= 11 is 6.12. The number of carbonyl (C=O) groups excluding carboxylic acids is 3. The highest BCUT2D eigenvalue weighted by Crippen LogP contribution is 2.35. The first-order chi connectivity index (χ1) is 17.4. The lowest BCUT2D eigenvalue weighted by Gasteiger charge is -2.24. The second-order valence-electron chi connectivity index (χ2n) is 8.74. The molecule has 3 aromatic carbocycles. The molecule has 0 aliphatic carbocycles. The molecule has 0 radical (unpaired) electrons. The standard InChI is InChI=1S/C28H28ClN3O4/c1-3-14-30-27(34)24-25(36-28(35)32(24)17-19-6-4-8-22(29)15-19)21-7-5-9-23(16-21)31-26(33)20-12-10-18(2)11-13-20/h4-13,15-16,24-25H,3,14,17H2,1-2H3,(H,30,34)(H,31,33)/t24-,25+/m0/s1. The molecule has 0 spiro atoms. The minimum absolute atomic E-state index is 0.171. The Morgan fingerprint density at radius 3 is 2.50 bits per heavy atom. The van der Waals surface area contributed by atoms with Gasteiger partial charge in [-0.25, -0.2) is 4.79 Å². The quantitative estimate of drug-likeness (QED) is 0.424. The summed E-state index contributed by atoms with van der Waals surface area (Å²) in [5, 5.41) is 6.31. The van der Waals surface area contributed by atoms with Crippen molar-refractivity contribution >= 4 is 35.2 Å². The Morgan fingerprint density at radius 1 is 1.03 bits per heavy atom. The predicted octanol–water partition coefficient (Wildman–Crippen LogP) is 5.49. The number of halogens is 1. The van der Waals surface area contributed by atoms with E-state index in [1.165, 1.54) is 4.90 Å². The zero-order chi connectivity index (χ0) is 25.7. The molecule has 1 fully saturated rings. The zero-order valence-electron chi connectivity index (χ0n) is 20.2. The van der Waals surface area contributed by atoms with Crippen molar-refractivity contribution in [3.05, 3.63) is 100 Å². The number of anilines is 1. The van der Waals surface area contributed by atoms with Crippen LogP contribution in [0, 0.1) is 6.92 Å². The lowest BCUT2D eigenvalue weighted by atomic mass is 10.00. The maximum absolute atomic E-state index is 13.2. The minimum atomic E-state index is -0.883. The molecule has 1 aliphatic rings. The van der Waals surface area contributed by atoms with E-state index in [2.05, 4.69) is 10.6 Å². The van der Waals surface area contributed by atoms with Crippen LogP contribution >= 0.6 is 11.6 Å². The monoisotopic (exact) mass is 505 g/mol. The molecule has 8 heteroatoms. The summed E-state index contributed by atoms with van der Waals surface area (Å²) in [6, 6.07) is 20.5. The van der Waals surface area contributed by atoms with Gasteiger partial charge < -0.3 is 15.4 Å². The molecule has 1 aliphatic heterocycles. The van der Waals surface area contributed by atoms with Gasteiger partial charge in [-0.2, -0.15) is 0 Å². The smallest absolute Gasteiger partial charge is 0.411 e. The van der Waals surface area contributed by atoms with E-state index in [-0.39, 0.29) is 18.4 Å². The third kappa shape index (κ3) is 5.86. The van der Waals surface area contributed by atoms with Crippen LogP contribution in [0.25, 0.3) is 0 Å². The first kappa shape index (κ1) is 25.3. The summed E-state index contributed by atoms with van der Waals surface area (Å²) in [6.45, 7) is 4.56. The number of hydrogen-bond acceptors (Lipinski definition) is 4. The first-order valence-corrected chi connectivity index (χ1v) is 12.2. The molecule has 1 heterocycles. The van der Waals surface area contributed by atoms with Gasteiger partial charge in [0.05, 0.1) is 6.54 Å². The van der Waals surface area contributed by atoms with Crippen molar-refractivity contribution in [2.24, 2.45) is 0 Å². The van der Waals surface area contributed by atoms with Crippen molar-refractivity contribution in [2.75, 3.05) is 11.9 Å². The molecule has 0 unspecified atom stereocenters. The van der Waals surface area contributed by atoms with Crippen LogP contribution in [0.2, 0.25) is 5.02 Å². The van der Waals surface area contributed by atoms with E-state index in [9.17, 15) is 14.4 Å². The van der Waals surface area contributed by atoms with Crippen molar-refractivity contribution in [3.63, 3.8) is 0 Å². The fourth-order valence-electron chi connectivity index (χ4n) is 4.10. The number of cyclic esters (lactones) is 1. The van der Waals surface area contributed by atoms with Crippen molar-refractivity contribution in [1.29, 1.82) is 0 Å². The molecule has 2 atom stereocenters. The fraction of sp³-hybridized carbons (Fsp3) is 0.250. The summed E-state index contributed by atoms with van der Waals surface area (Å²) < 4.78 is 5.71. The predicted molar refractivity (Wildman–Crippen MR) is 139 cm³/mol. The van der Waals surface area contributed by atoms with Crippen molar-refractivity contribution in [3.8, 4) is 0 Å². The number of nitrogens with one attached hydrogen (secondary N) is 2. The van der Waals surface area contributed by atoms with Gasteiger partial charge in [-0.15, -0.1) is 0 Å². The molecule has 186 valence electrons. The van der Waals surface area contributed by atoms with E-state index in [1.54, 1.807) is 54.6 Å². The molecular formula is C28H28ClN3O4. The zero-order valence-corrected chi connectivity index (χ0v) is 20.9. The van der Waals surface area contributed by atoms with Crippen LogP contribution in [-0.4, -0.2) is 35.4 Å². The Bertz CT molecular complexity index is 1260. The Balaban J connectivity index is 1.59. The van der Waals surface area contributed by atoms with Crippen LogP contribution in [-0.2, 0) is 16.1 Å². The summed E-state index contributed by atoms with van der Waals surface area (Å²) in [6.07, 6.45) is -0.678. The Kier molecular flexibility index (Phi) is 7.90. The SMILES string of the molecule is CCCNC(=O)[C@@H]1[C@@H](c2cccc(NC(=O)c3ccc(C)cc3)c2)OC(=O)N1Cc1cccc(Cl)c1. The number of benzene rings is 3. The molecule has 7 nitrogen and oxygen atoms in total. The van der Waals surface area contributed by atoms with E-state index < -0.39 is 18.2 Å². The molecule has 0 saturated carbocycles. The average molecular weight is 506 g/mol. The Hall–Kier alpha value is -3.84. The van der Waals surface area contributed by atoms with Crippen LogP contribution in [0.3, 0.4) is 0 Å². The lowest BCUT2D eigenvalue weighted by Crippen LogP contribution is -2.46. The second kappa shape index (κ2) is 11.3. The van der Waals surface area contributed by atoms with Crippen LogP contribution in [0.5, 0.6) is 0 Å². The number of nitrogens with zero attached hydrogens (tertiary/aromatic N) is 1. The molecule has 1 saturated heterocycles. The summed E-state index contributed by atoms with van der Waals surface area (Å²) in [7, 11) is 0. The van der Waals surface area contributed by atoms with Crippen LogP contribution in [0.4, 0.5) is 10.5 Å². The van der Waals surface area contributed by atoms with Gasteiger partial charge in [-0.3, -0.25) is 14.5 Å².